The minimum Gasteiger partial charge on any atom is -0.398 e. The van der Waals surface area contributed by atoms with Gasteiger partial charge >= 0.3 is 0 Å². The van der Waals surface area contributed by atoms with Crippen LogP contribution in [0.25, 0.3) is 55.6 Å². The summed E-state index contributed by atoms with van der Waals surface area (Å²) in [5.41, 5.74) is 32.2. The molecule has 0 aliphatic rings. The monoisotopic (exact) mass is 822 g/mol. The quantitative estimate of drug-likeness (QED) is 0.128. The van der Waals surface area contributed by atoms with Crippen LogP contribution in [0.3, 0.4) is 0 Å². The lowest BCUT2D eigenvalue weighted by Crippen LogP contribution is -2.12. The number of nitrogens with two attached hydrogens (primary N) is 2. The van der Waals surface area contributed by atoms with Crippen molar-refractivity contribution in [1.82, 2.24) is 0 Å². The molecule has 0 fully saturated rings. The lowest BCUT2D eigenvalue weighted by atomic mass is 9.90. The molecule has 0 aromatic heterocycles. The number of nitrogen functional groups attached to an aromatic ring is 2. The number of hydrogen-bond acceptors (Lipinski definition) is 4. The van der Waals surface area contributed by atoms with Gasteiger partial charge in [-0.3, -0.25) is 0 Å². The maximum Gasteiger partial charge on any atom is 0.0547 e. The molecule has 10 rings (SSSR count). The molecule has 0 heterocycles. The van der Waals surface area contributed by atoms with Crippen LogP contribution in [0.5, 0.6) is 0 Å². The summed E-state index contributed by atoms with van der Waals surface area (Å²) in [5.74, 6) is 0. The number of rotatable bonds is 11. The standard InChI is InChI=1S/C60H46N4/c61-53-39-41-55(59(47-23-11-3-12-24-47)57(53)45-19-7-1-8-20-45)63(49-27-15-5-16-28-49)51-35-31-43(32-36-51)44-33-37-52(38-34-44)64(50-29-17-6-18-30-50)56-42-40-54(62)58(46-21-9-2-10-22-46)60(56)48-25-13-4-14-26-48/h1-42H,61-62H2. The Bertz CT molecular complexity index is 2900. The van der Waals surface area contributed by atoms with Crippen LogP contribution >= 0.6 is 0 Å². The van der Waals surface area contributed by atoms with Gasteiger partial charge in [0.1, 0.15) is 0 Å². The van der Waals surface area contributed by atoms with E-state index in [2.05, 4.69) is 240 Å². The van der Waals surface area contributed by atoms with E-state index in [0.717, 1.165) is 101 Å². The Morgan fingerprint density at radius 3 is 0.750 bits per heavy atom. The summed E-state index contributed by atoms with van der Waals surface area (Å²) in [6, 6.07) is 89.2. The molecule has 0 radical (unpaired) electrons. The lowest BCUT2D eigenvalue weighted by molar-refractivity contribution is 1.28. The molecule has 0 amide bonds. The molecular formula is C60H46N4. The molecule has 0 atom stereocenters. The van der Waals surface area contributed by atoms with Crippen LogP contribution in [0, 0.1) is 0 Å². The molecule has 10 aromatic carbocycles. The van der Waals surface area contributed by atoms with Crippen LogP contribution in [0.2, 0.25) is 0 Å². The number of hydrogen-bond donors (Lipinski definition) is 2. The molecule has 0 aliphatic heterocycles. The minimum absolute atomic E-state index is 0.732. The first kappa shape index (κ1) is 39.5. The predicted molar refractivity (Wildman–Crippen MR) is 272 cm³/mol. The summed E-state index contributed by atoms with van der Waals surface area (Å²) in [6.07, 6.45) is 0. The van der Waals surface area contributed by atoms with Crippen LogP contribution in [0.1, 0.15) is 0 Å². The average molecular weight is 823 g/mol. The third-order valence-corrected chi connectivity index (χ3v) is 11.8. The van der Waals surface area contributed by atoms with Gasteiger partial charge in [0.2, 0.25) is 0 Å². The van der Waals surface area contributed by atoms with Crippen LogP contribution in [0.15, 0.2) is 255 Å². The van der Waals surface area contributed by atoms with Gasteiger partial charge in [-0.25, -0.2) is 0 Å². The van der Waals surface area contributed by atoms with Gasteiger partial charge < -0.3 is 21.3 Å². The average Bonchev–Trinajstić information content (AvgIpc) is 3.37. The van der Waals surface area contributed by atoms with Crippen LogP contribution in [0.4, 0.5) is 45.5 Å². The van der Waals surface area contributed by atoms with Crippen molar-refractivity contribution in [3.05, 3.63) is 255 Å². The Morgan fingerprint density at radius 1 is 0.203 bits per heavy atom. The summed E-state index contributed by atoms with van der Waals surface area (Å²) in [4.78, 5) is 4.67. The van der Waals surface area contributed by atoms with E-state index < -0.39 is 0 Å². The van der Waals surface area contributed by atoms with E-state index in [9.17, 15) is 0 Å². The van der Waals surface area contributed by atoms with Gasteiger partial charge in [0.15, 0.2) is 0 Å². The van der Waals surface area contributed by atoms with E-state index in [-0.39, 0.29) is 0 Å². The summed E-state index contributed by atoms with van der Waals surface area (Å²) in [7, 11) is 0. The second kappa shape index (κ2) is 17.8. The maximum absolute atomic E-state index is 6.86. The molecule has 10 aromatic rings. The van der Waals surface area contributed by atoms with Crippen molar-refractivity contribution >= 4 is 45.5 Å². The van der Waals surface area contributed by atoms with Gasteiger partial charge in [0.25, 0.3) is 0 Å². The Morgan fingerprint density at radius 2 is 0.453 bits per heavy atom. The van der Waals surface area contributed by atoms with Crippen molar-refractivity contribution in [3.8, 4) is 55.6 Å². The molecule has 4 N–H and O–H groups in total. The zero-order valence-corrected chi connectivity index (χ0v) is 35.3. The fraction of sp³-hybridized carbons (Fsp3) is 0. The van der Waals surface area contributed by atoms with Crippen molar-refractivity contribution in [1.29, 1.82) is 0 Å². The molecule has 4 heteroatoms. The Labute approximate surface area is 375 Å². The third kappa shape index (κ3) is 7.77. The molecule has 306 valence electrons. The second-order valence-corrected chi connectivity index (χ2v) is 15.7. The molecule has 4 nitrogen and oxygen atoms in total. The minimum atomic E-state index is 0.732. The highest BCUT2D eigenvalue weighted by atomic mass is 15.2. The van der Waals surface area contributed by atoms with E-state index in [0.29, 0.717) is 0 Å². The smallest absolute Gasteiger partial charge is 0.0547 e. The van der Waals surface area contributed by atoms with Crippen molar-refractivity contribution in [2.45, 2.75) is 0 Å². The Balaban J connectivity index is 1.06. The van der Waals surface area contributed by atoms with Crippen molar-refractivity contribution in [3.63, 3.8) is 0 Å². The van der Waals surface area contributed by atoms with E-state index in [1.807, 2.05) is 24.3 Å². The molecule has 0 saturated carbocycles. The molecule has 64 heavy (non-hydrogen) atoms. The Hall–Kier alpha value is -8.60. The normalized spacial score (nSPS) is 10.9. The fourth-order valence-electron chi connectivity index (χ4n) is 8.83. The van der Waals surface area contributed by atoms with Crippen molar-refractivity contribution in [2.75, 3.05) is 21.3 Å². The molecular weight excluding hydrogens is 777 g/mol. The summed E-state index contributed by atoms with van der Waals surface area (Å²) >= 11 is 0. The maximum atomic E-state index is 6.86. The third-order valence-electron chi connectivity index (χ3n) is 11.8. The summed E-state index contributed by atoms with van der Waals surface area (Å²) in [5, 5.41) is 0. The van der Waals surface area contributed by atoms with Crippen LogP contribution in [-0.4, -0.2) is 0 Å². The lowest BCUT2D eigenvalue weighted by Gasteiger charge is -2.30. The zero-order chi connectivity index (χ0) is 43.2. The first-order valence-electron chi connectivity index (χ1n) is 21.6. The largest absolute Gasteiger partial charge is 0.398 e. The SMILES string of the molecule is Nc1ccc(N(c2ccccc2)c2ccc(-c3ccc(N(c4ccccc4)c4ccc(N)c(-c5ccccc5)c4-c4ccccc4)cc3)cc2)c(-c2ccccc2)c1-c1ccccc1. The molecule has 0 aliphatic carbocycles. The number of benzene rings is 10. The van der Waals surface area contributed by atoms with Crippen LogP contribution in [-0.2, 0) is 0 Å². The van der Waals surface area contributed by atoms with E-state index >= 15 is 0 Å². The highest BCUT2D eigenvalue weighted by molar-refractivity contribution is 6.02. The highest BCUT2D eigenvalue weighted by Crippen LogP contribution is 2.49. The first-order valence-corrected chi connectivity index (χ1v) is 21.6. The fourth-order valence-corrected chi connectivity index (χ4v) is 8.83. The molecule has 0 saturated heterocycles. The van der Waals surface area contributed by atoms with E-state index in [4.69, 9.17) is 11.5 Å². The first-order chi connectivity index (χ1) is 31.6. The molecule has 0 spiro atoms. The zero-order valence-electron chi connectivity index (χ0n) is 35.3. The molecule has 0 unspecified atom stereocenters. The number of para-hydroxylation sites is 2. The number of anilines is 8. The van der Waals surface area contributed by atoms with Gasteiger partial charge in [-0.2, -0.15) is 0 Å². The van der Waals surface area contributed by atoms with Gasteiger partial charge in [-0.15, -0.1) is 0 Å². The van der Waals surface area contributed by atoms with Crippen LogP contribution < -0.4 is 21.3 Å². The Kier molecular flexibility index (Phi) is 11.0. The number of nitrogens with zero attached hydrogens (tertiary/aromatic N) is 2. The summed E-state index contributed by atoms with van der Waals surface area (Å²) in [6.45, 7) is 0. The highest BCUT2D eigenvalue weighted by Gasteiger charge is 2.24. The predicted octanol–water partition coefficient (Wildman–Crippen LogP) is 16.1. The van der Waals surface area contributed by atoms with Crippen molar-refractivity contribution in [2.24, 2.45) is 0 Å². The van der Waals surface area contributed by atoms with E-state index in [1.54, 1.807) is 0 Å². The topological polar surface area (TPSA) is 58.5 Å². The second-order valence-electron chi connectivity index (χ2n) is 15.7. The molecule has 0 bridgehead atoms. The van der Waals surface area contributed by atoms with Gasteiger partial charge in [-0.1, -0.05) is 182 Å². The van der Waals surface area contributed by atoms with Gasteiger partial charge in [0, 0.05) is 56.4 Å². The summed E-state index contributed by atoms with van der Waals surface area (Å²) < 4.78 is 0. The van der Waals surface area contributed by atoms with Gasteiger partial charge in [-0.05, 0) is 106 Å². The van der Waals surface area contributed by atoms with E-state index in [1.165, 1.54) is 0 Å². The van der Waals surface area contributed by atoms with Crippen molar-refractivity contribution < 1.29 is 0 Å². The van der Waals surface area contributed by atoms with Gasteiger partial charge in [0.05, 0.1) is 11.4 Å².